The minimum atomic E-state index is -1.53. The van der Waals surface area contributed by atoms with E-state index in [0.29, 0.717) is 0 Å². The molecule has 0 radical (unpaired) electrons. The molecule has 0 amide bonds. The zero-order chi connectivity index (χ0) is 14.4. The van der Waals surface area contributed by atoms with E-state index in [-0.39, 0.29) is 19.4 Å². The maximum absolute atomic E-state index is 15.4. The van der Waals surface area contributed by atoms with Crippen LogP contribution in [0.15, 0.2) is 60.7 Å². The van der Waals surface area contributed by atoms with E-state index in [4.69, 9.17) is 11.5 Å². The highest BCUT2D eigenvalue weighted by atomic mass is 19.1. The largest absolute Gasteiger partial charge is 0.329 e. The van der Waals surface area contributed by atoms with Crippen molar-refractivity contribution >= 4 is 0 Å². The Morgan fingerprint density at radius 1 is 0.850 bits per heavy atom. The van der Waals surface area contributed by atoms with Gasteiger partial charge in [-0.3, -0.25) is 0 Å². The predicted molar refractivity (Wildman–Crippen MR) is 81.2 cm³/mol. The van der Waals surface area contributed by atoms with Crippen molar-refractivity contribution in [1.82, 2.24) is 0 Å². The normalized spacial score (nSPS) is 13.2. The molecule has 0 bridgehead atoms. The van der Waals surface area contributed by atoms with Crippen LogP contribution in [-0.2, 0) is 12.8 Å². The zero-order valence-corrected chi connectivity index (χ0v) is 11.5. The molecule has 2 nitrogen and oxygen atoms in total. The van der Waals surface area contributed by atoms with E-state index in [1.165, 1.54) is 0 Å². The summed E-state index contributed by atoms with van der Waals surface area (Å²) in [6.45, 7) is 0.135. The van der Waals surface area contributed by atoms with Gasteiger partial charge in [0.25, 0.3) is 0 Å². The van der Waals surface area contributed by atoms with Crippen LogP contribution in [-0.4, -0.2) is 18.3 Å². The Morgan fingerprint density at radius 3 is 1.60 bits per heavy atom. The van der Waals surface area contributed by atoms with Crippen LogP contribution >= 0.6 is 0 Å². The highest BCUT2D eigenvalue weighted by Gasteiger charge is 2.36. The molecule has 0 aliphatic carbocycles. The molecule has 0 heterocycles. The van der Waals surface area contributed by atoms with Crippen molar-refractivity contribution < 1.29 is 4.39 Å². The van der Waals surface area contributed by atoms with Crippen LogP contribution in [0.3, 0.4) is 0 Å². The first-order valence-corrected chi connectivity index (χ1v) is 6.86. The molecule has 1 atom stereocenters. The first-order valence-electron chi connectivity index (χ1n) is 6.86. The van der Waals surface area contributed by atoms with E-state index in [2.05, 4.69) is 0 Å². The number of hydrogen-bond donors (Lipinski definition) is 2. The van der Waals surface area contributed by atoms with E-state index in [9.17, 15) is 0 Å². The number of halogens is 1. The fourth-order valence-electron chi connectivity index (χ4n) is 2.41. The Labute approximate surface area is 119 Å². The lowest BCUT2D eigenvalue weighted by molar-refractivity contribution is 0.127. The lowest BCUT2D eigenvalue weighted by Gasteiger charge is -2.31. The van der Waals surface area contributed by atoms with Gasteiger partial charge in [-0.05, 0) is 11.1 Å². The minimum absolute atomic E-state index is 0.135. The van der Waals surface area contributed by atoms with Gasteiger partial charge in [-0.15, -0.1) is 0 Å². The van der Waals surface area contributed by atoms with E-state index in [1.807, 2.05) is 60.7 Å². The SMILES string of the molecule is NCC(N)C(F)(Cc1ccccc1)Cc1ccccc1. The fraction of sp³-hybridized carbons (Fsp3) is 0.294. The van der Waals surface area contributed by atoms with Gasteiger partial charge in [0, 0.05) is 19.4 Å². The van der Waals surface area contributed by atoms with Crippen LogP contribution in [0.2, 0.25) is 0 Å². The molecule has 106 valence electrons. The number of rotatable bonds is 6. The van der Waals surface area contributed by atoms with Gasteiger partial charge in [0.15, 0.2) is 0 Å². The smallest absolute Gasteiger partial charge is 0.135 e. The molecule has 0 aliphatic heterocycles. The third-order valence-electron chi connectivity index (χ3n) is 3.60. The molecule has 2 aromatic rings. The first-order chi connectivity index (χ1) is 9.64. The predicted octanol–water partition coefficient (Wildman–Crippen LogP) is 2.47. The lowest BCUT2D eigenvalue weighted by atomic mass is 9.84. The maximum atomic E-state index is 15.4. The molecule has 0 saturated heterocycles. The van der Waals surface area contributed by atoms with E-state index in [1.54, 1.807) is 0 Å². The molecule has 4 N–H and O–H groups in total. The molecule has 0 aromatic heterocycles. The van der Waals surface area contributed by atoms with Gasteiger partial charge < -0.3 is 11.5 Å². The fourth-order valence-corrected chi connectivity index (χ4v) is 2.41. The van der Waals surface area contributed by atoms with Gasteiger partial charge in [0.1, 0.15) is 5.67 Å². The van der Waals surface area contributed by atoms with Crippen molar-refractivity contribution in [3.05, 3.63) is 71.8 Å². The average molecular weight is 272 g/mol. The molecule has 0 saturated carbocycles. The van der Waals surface area contributed by atoms with Crippen molar-refractivity contribution in [2.75, 3.05) is 6.54 Å². The average Bonchev–Trinajstić information content (AvgIpc) is 2.48. The van der Waals surface area contributed by atoms with Crippen molar-refractivity contribution in [3.63, 3.8) is 0 Å². The highest BCUT2D eigenvalue weighted by molar-refractivity contribution is 5.23. The second-order valence-corrected chi connectivity index (χ2v) is 5.20. The lowest BCUT2D eigenvalue weighted by Crippen LogP contribution is -2.52. The van der Waals surface area contributed by atoms with Crippen LogP contribution in [0.25, 0.3) is 0 Å². The highest BCUT2D eigenvalue weighted by Crippen LogP contribution is 2.26. The second kappa shape index (κ2) is 6.64. The quantitative estimate of drug-likeness (QED) is 0.848. The number of hydrogen-bond acceptors (Lipinski definition) is 2. The summed E-state index contributed by atoms with van der Waals surface area (Å²) in [5, 5.41) is 0. The summed E-state index contributed by atoms with van der Waals surface area (Å²) in [5.41, 5.74) is 11.9. The molecule has 2 aromatic carbocycles. The monoisotopic (exact) mass is 272 g/mol. The molecule has 2 rings (SSSR count). The maximum Gasteiger partial charge on any atom is 0.135 e. The van der Waals surface area contributed by atoms with Crippen LogP contribution in [0.1, 0.15) is 11.1 Å². The Bertz CT molecular complexity index is 472. The summed E-state index contributed by atoms with van der Waals surface area (Å²) in [6, 6.07) is 18.5. The number of benzene rings is 2. The third kappa shape index (κ3) is 3.65. The summed E-state index contributed by atoms with van der Waals surface area (Å²) in [6.07, 6.45) is 0.558. The Hall–Kier alpha value is -1.71. The summed E-state index contributed by atoms with van der Waals surface area (Å²) < 4.78 is 15.4. The number of nitrogens with two attached hydrogens (primary N) is 2. The van der Waals surface area contributed by atoms with Crippen LogP contribution < -0.4 is 11.5 Å². The minimum Gasteiger partial charge on any atom is -0.329 e. The Kier molecular flexibility index (Phi) is 4.88. The summed E-state index contributed by atoms with van der Waals surface area (Å²) in [4.78, 5) is 0. The van der Waals surface area contributed by atoms with Gasteiger partial charge in [0.2, 0.25) is 0 Å². The molecule has 1 unspecified atom stereocenters. The van der Waals surface area contributed by atoms with Crippen molar-refractivity contribution in [2.24, 2.45) is 11.5 Å². The molecule has 0 aliphatic rings. The third-order valence-corrected chi connectivity index (χ3v) is 3.60. The molecule has 0 fully saturated rings. The molecular weight excluding hydrogens is 251 g/mol. The molecule has 0 spiro atoms. The van der Waals surface area contributed by atoms with Crippen LogP contribution in [0.4, 0.5) is 4.39 Å². The second-order valence-electron chi connectivity index (χ2n) is 5.20. The molecular formula is C17H21FN2. The van der Waals surface area contributed by atoms with Gasteiger partial charge >= 0.3 is 0 Å². The van der Waals surface area contributed by atoms with E-state index < -0.39 is 11.7 Å². The summed E-state index contributed by atoms with van der Waals surface area (Å²) >= 11 is 0. The van der Waals surface area contributed by atoms with Gasteiger partial charge in [-0.1, -0.05) is 60.7 Å². The standard InChI is InChI=1S/C17H21FN2/c18-17(16(20)13-19,11-14-7-3-1-4-8-14)12-15-9-5-2-6-10-15/h1-10,16H,11-13,19-20H2. The van der Waals surface area contributed by atoms with E-state index in [0.717, 1.165) is 11.1 Å². The first kappa shape index (κ1) is 14.7. The Morgan fingerprint density at radius 2 is 1.25 bits per heavy atom. The van der Waals surface area contributed by atoms with Crippen molar-refractivity contribution in [2.45, 2.75) is 24.6 Å². The van der Waals surface area contributed by atoms with Crippen molar-refractivity contribution in [3.8, 4) is 0 Å². The van der Waals surface area contributed by atoms with Crippen molar-refractivity contribution in [1.29, 1.82) is 0 Å². The van der Waals surface area contributed by atoms with Gasteiger partial charge in [-0.2, -0.15) is 0 Å². The molecule has 20 heavy (non-hydrogen) atoms. The zero-order valence-electron chi connectivity index (χ0n) is 11.5. The summed E-state index contributed by atoms with van der Waals surface area (Å²) in [7, 11) is 0. The molecule has 3 heteroatoms. The summed E-state index contributed by atoms with van der Waals surface area (Å²) in [5.74, 6) is 0. The van der Waals surface area contributed by atoms with Gasteiger partial charge in [-0.25, -0.2) is 4.39 Å². The van der Waals surface area contributed by atoms with Crippen LogP contribution in [0.5, 0.6) is 0 Å². The Balaban J connectivity index is 2.21. The number of alkyl halides is 1. The van der Waals surface area contributed by atoms with Gasteiger partial charge in [0.05, 0.1) is 6.04 Å². The van der Waals surface area contributed by atoms with E-state index >= 15 is 4.39 Å². The van der Waals surface area contributed by atoms with Crippen LogP contribution in [0, 0.1) is 0 Å². The topological polar surface area (TPSA) is 52.0 Å².